The number of aromatic nitrogens is 2. The summed E-state index contributed by atoms with van der Waals surface area (Å²) in [6.07, 6.45) is 0. The average molecular weight is 675 g/mol. The quantitative estimate of drug-likeness (QED) is 0.162. The van der Waals surface area contributed by atoms with Crippen molar-refractivity contribution in [1.29, 1.82) is 0 Å². The van der Waals surface area contributed by atoms with Crippen molar-refractivity contribution in [1.82, 2.24) is 9.13 Å². The van der Waals surface area contributed by atoms with E-state index >= 15 is 0 Å². The standard InChI is InChI=1S/C51H34N2/c1-51(2)45-28-32(52-47-20-10-7-17-39(47)40-18-8-11-21-48(40)52)24-26-38(45)43-29-44-41-19-9-12-22-49(41)53(50(44)30-46(43)51)31-23-25-37-35-15-4-3-13-33(35)34-14-5-6-16-36(34)42(37)27-31/h3-30H,1-2H3. The van der Waals surface area contributed by atoms with E-state index in [-0.39, 0.29) is 5.41 Å². The fourth-order valence-corrected chi connectivity index (χ4v) is 9.84. The number of hydrogen-bond donors (Lipinski definition) is 0. The van der Waals surface area contributed by atoms with E-state index < -0.39 is 0 Å². The van der Waals surface area contributed by atoms with Crippen molar-refractivity contribution in [2.75, 3.05) is 0 Å². The predicted molar refractivity (Wildman–Crippen MR) is 225 cm³/mol. The number of hydrogen-bond acceptors (Lipinski definition) is 0. The highest BCUT2D eigenvalue weighted by Gasteiger charge is 2.37. The lowest BCUT2D eigenvalue weighted by Gasteiger charge is -2.23. The van der Waals surface area contributed by atoms with Gasteiger partial charge in [0, 0.05) is 38.3 Å². The Bertz CT molecular complexity index is 3280. The van der Waals surface area contributed by atoms with Crippen molar-refractivity contribution in [3.8, 4) is 22.5 Å². The summed E-state index contributed by atoms with van der Waals surface area (Å²) in [6.45, 7) is 4.80. The first-order chi connectivity index (χ1) is 26.1. The Hall–Kier alpha value is -6.64. The van der Waals surface area contributed by atoms with E-state index in [2.05, 4.69) is 193 Å². The van der Waals surface area contributed by atoms with Gasteiger partial charge in [0.05, 0.1) is 22.1 Å². The maximum absolute atomic E-state index is 2.50. The molecule has 0 aliphatic heterocycles. The maximum atomic E-state index is 2.50. The first-order valence-corrected chi connectivity index (χ1v) is 18.6. The van der Waals surface area contributed by atoms with Crippen LogP contribution in [0.4, 0.5) is 0 Å². The minimum atomic E-state index is -0.187. The minimum Gasteiger partial charge on any atom is -0.309 e. The molecule has 53 heavy (non-hydrogen) atoms. The van der Waals surface area contributed by atoms with Crippen LogP contribution in [0, 0.1) is 0 Å². The van der Waals surface area contributed by atoms with Crippen LogP contribution in [-0.2, 0) is 5.41 Å². The zero-order valence-corrected chi connectivity index (χ0v) is 29.6. The molecule has 11 aromatic rings. The van der Waals surface area contributed by atoms with Gasteiger partial charge in [-0.15, -0.1) is 0 Å². The van der Waals surface area contributed by atoms with E-state index in [1.807, 2.05) is 0 Å². The fourth-order valence-electron chi connectivity index (χ4n) is 9.84. The zero-order chi connectivity index (χ0) is 35.0. The van der Waals surface area contributed by atoms with Crippen LogP contribution in [0.3, 0.4) is 0 Å². The van der Waals surface area contributed by atoms with Crippen molar-refractivity contribution >= 4 is 75.9 Å². The Labute approximate surface area is 306 Å². The van der Waals surface area contributed by atoms with E-state index in [1.54, 1.807) is 0 Å². The Morgan fingerprint density at radius 2 is 0.717 bits per heavy atom. The molecule has 2 heterocycles. The van der Waals surface area contributed by atoms with E-state index in [0.717, 1.165) is 0 Å². The minimum absolute atomic E-state index is 0.187. The Morgan fingerprint density at radius 3 is 1.30 bits per heavy atom. The van der Waals surface area contributed by atoms with Gasteiger partial charge in [-0.25, -0.2) is 0 Å². The summed E-state index contributed by atoms with van der Waals surface area (Å²) in [5.41, 5.74) is 12.6. The number of nitrogens with zero attached hydrogens (tertiary/aromatic N) is 2. The molecule has 0 amide bonds. The molecule has 2 aromatic heterocycles. The predicted octanol–water partition coefficient (Wildman–Crippen LogP) is 13.6. The van der Waals surface area contributed by atoms with Crippen molar-refractivity contribution in [2.24, 2.45) is 0 Å². The maximum Gasteiger partial charge on any atom is 0.0544 e. The molecule has 248 valence electrons. The highest BCUT2D eigenvalue weighted by atomic mass is 15.0. The molecule has 9 aromatic carbocycles. The number of para-hydroxylation sites is 3. The van der Waals surface area contributed by atoms with Crippen LogP contribution < -0.4 is 0 Å². The topological polar surface area (TPSA) is 9.86 Å². The van der Waals surface area contributed by atoms with Crippen molar-refractivity contribution in [2.45, 2.75) is 19.3 Å². The van der Waals surface area contributed by atoms with E-state index in [4.69, 9.17) is 0 Å². The summed E-state index contributed by atoms with van der Waals surface area (Å²) in [5.74, 6) is 0. The summed E-state index contributed by atoms with van der Waals surface area (Å²) in [4.78, 5) is 0. The van der Waals surface area contributed by atoms with Gasteiger partial charge in [0.1, 0.15) is 0 Å². The first-order valence-electron chi connectivity index (χ1n) is 18.6. The molecule has 0 N–H and O–H groups in total. The molecule has 2 heteroatoms. The van der Waals surface area contributed by atoms with Crippen LogP contribution in [0.1, 0.15) is 25.0 Å². The van der Waals surface area contributed by atoms with Crippen molar-refractivity contribution in [3.05, 3.63) is 181 Å². The van der Waals surface area contributed by atoms with Crippen LogP contribution in [0.25, 0.3) is 98.4 Å². The molecule has 0 saturated carbocycles. The number of rotatable bonds is 2. The smallest absolute Gasteiger partial charge is 0.0544 e. The monoisotopic (exact) mass is 674 g/mol. The van der Waals surface area contributed by atoms with Gasteiger partial charge in [0.25, 0.3) is 0 Å². The van der Waals surface area contributed by atoms with Gasteiger partial charge in [-0.05, 0) is 109 Å². The van der Waals surface area contributed by atoms with Crippen LogP contribution in [0.2, 0.25) is 0 Å². The molecule has 0 saturated heterocycles. The van der Waals surface area contributed by atoms with Crippen LogP contribution in [0.15, 0.2) is 170 Å². The van der Waals surface area contributed by atoms with Crippen LogP contribution in [0.5, 0.6) is 0 Å². The molecule has 0 bridgehead atoms. The van der Waals surface area contributed by atoms with Gasteiger partial charge in [-0.1, -0.05) is 129 Å². The summed E-state index contributed by atoms with van der Waals surface area (Å²) in [6, 6.07) is 63.3. The lowest BCUT2D eigenvalue weighted by molar-refractivity contribution is 0.660. The average Bonchev–Trinajstić information content (AvgIpc) is 3.80. The zero-order valence-electron chi connectivity index (χ0n) is 29.6. The summed E-state index contributed by atoms with van der Waals surface area (Å²) >= 11 is 0. The molecule has 12 rings (SSSR count). The summed E-state index contributed by atoms with van der Waals surface area (Å²) < 4.78 is 4.94. The normalized spacial score (nSPS) is 13.6. The molecular weight excluding hydrogens is 641 g/mol. The second-order valence-electron chi connectivity index (χ2n) is 15.3. The molecule has 0 unspecified atom stereocenters. The SMILES string of the molecule is CC1(C)c2cc(-n3c4ccccc4c4ccccc43)ccc2-c2cc3c4ccccc4n(-c4ccc5c6ccccc6c6ccccc6c5c4)c3cc21. The van der Waals surface area contributed by atoms with Gasteiger partial charge in [-0.3, -0.25) is 0 Å². The van der Waals surface area contributed by atoms with Crippen LogP contribution in [-0.4, -0.2) is 9.13 Å². The second kappa shape index (κ2) is 10.2. The van der Waals surface area contributed by atoms with Gasteiger partial charge >= 0.3 is 0 Å². The molecule has 0 fully saturated rings. The molecule has 2 nitrogen and oxygen atoms in total. The number of fused-ring (bicyclic) bond motifs is 15. The highest BCUT2D eigenvalue weighted by Crippen LogP contribution is 2.52. The van der Waals surface area contributed by atoms with Gasteiger partial charge in [0.2, 0.25) is 0 Å². The third-order valence-electron chi connectivity index (χ3n) is 12.3. The van der Waals surface area contributed by atoms with Crippen molar-refractivity contribution < 1.29 is 0 Å². The Balaban J connectivity index is 1.09. The molecule has 0 radical (unpaired) electrons. The largest absolute Gasteiger partial charge is 0.309 e. The Kier molecular flexibility index (Phi) is 5.60. The van der Waals surface area contributed by atoms with Crippen molar-refractivity contribution in [3.63, 3.8) is 0 Å². The van der Waals surface area contributed by atoms with E-state index in [9.17, 15) is 0 Å². The molecule has 1 aliphatic rings. The van der Waals surface area contributed by atoms with Gasteiger partial charge in [-0.2, -0.15) is 0 Å². The lowest BCUT2D eigenvalue weighted by Crippen LogP contribution is -2.15. The Morgan fingerprint density at radius 1 is 0.302 bits per heavy atom. The summed E-state index contributed by atoms with van der Waals surface area (Å²) in [5, 5.41) is 12.9. The molecule has 1 aliphatic carbocycles. The molecular formula is C51H34N2. The summed E-state index contributed by atoms with van der Waals surface area (Å²) in [7, 11) is 0. The third kappa shape index (κ3) is 3.77. The molecule has 0 spiro atoms. The van der Waals surface area contributed by atoms with E-state index in [0.29, 0.717) is 0 Å². The van der Waals surface area contributed by atoms with Gasteiger partial charge < -0.3 is 9.13 Å². The highest BCUT2D eigenvalue weighted by molar-refractivity contribution is 6.25. The second-order valence-corrected chi connectivity index (χ2v) is 15.3. The first kappa shape index (κ1) is 29.0. The van der Waals surface area contributed by atoms with Gasteiger partial charge in [0.15, 0.2) is 0 Å². The van der Waals surface area contributed by atoms with E-state index in [1.165, 1.54) is 110 Å². The third-order valence-corrected chi connectivity index (χ3v) is 12.3. The number of benzene rings is 9. The fraction of sp³-hybridized carbons (Fsp3) is 0.0588. The van der Waals surface area contributed by atoms with Crippen LogP contribution >= 0.6 is 0 Å². The lowest BCUT2D eigenvalue weighted by atomic mass is 9.82. The molecule has 0 atom stereocenters.